The molecule has 4 nitrogen and oxygen atoms in total. The van der Waals surface area contributed by atoms with Crippen LogP contribution in [0.3, 0.4) is 0 Å². The number of rotatable bonds is 4. The standard InChI is InChI=1S/C16H29N3O.2ClH/c1-13-2-4-14(5-3-13)19(15-6-7-15)16(20)12-18-10-8-17-9-11-18;;/h13-15,17H,2-12H2,1H3;2*1H. The zero-order valence-corrected chi connectivity index (χ0v) is 15.3. The predicted octanol–water partition coefficient (Wildman–Crippen LogP) is 2.30. The van der Waals surface area contributed by atoms with Gasteiger partial charge in [0.15, 0.2) is 0 Å². The topological polar surface area (TPSA) is 35.6 Å². The molecule has 3 fully saturated rings. The van der Waals surface area contributed by atoms with Gasteiger partial charge in [0.1, 0.15) is 0 Å². The van der Waals surface area contributed by atoms with Crippen molar-refractivity contribution in [3.8, 4) is 0 Å². The molecule has 0 aromatic heterocycles. The largest absolute Gasteiger partial charge is 0.336 e. The normalized spacial score (nSPS) is 29.1. The lowest BCUT2D eigenvalue weighted by atomic mass is 9.86. The molecule has 0 radical (unpaired) electrons. The molecule has 1 aliphatic heterocycles. The van der Waals surface area contributed by atoms with Crippen molar-refractivity contribution in [2.75, 3.05) is 32.7 Å². The highest BCUT2D eigenvalue weighted by molar-refractivity contribution is 5.85. The fraction of sp³-hybridized carbons (Fsp3) is 0.938. The molecule has 3 aliphatic rings. The highest BCUT2D eigenvalue weighted by Gasteiger charge is 2.38. The van der Waals surface area contributed by atoms with Gasteiger partial charge in [-0.3, -0.25) is 9.69 Å². The number of hydrogen-bond donors (Lipinski definition) is 1. The number of nitrogens with zero attached hydrogens (tertiary/aromatic N) is 2. The van der Waals surface area contributed by atoms with Gasteiger partial charge in [-0.1, -0.05) is 6.92 Å². The van der Waals surface area contributed by atoms with Gasteiger partial charge in [0, 0.05) is 38.3 Å². The Balaban J connectivity index is 0.00000121. The van der Waals surface area contributed by atoms with Crippen LogP contribution in [0.4, 0.5) is 0 Å². The summed E-state index contributed by atoms with van der Waals surface area (Å²) in [7, 11) is 0. The Morgan fingerprint density at radius 2 is 1.50 bits per heavy atom. The Bertz CT molecular complexity index is 338. The second-order valence-electron chi connectivity index (χ2n) is 6.97. The van der Waals surface area contributed by atoms with Gasteiger partial charge < -0.3 is 10.2 Å². The van der Waals surface area contributed by atoms with E-state index < -0.39 is 0 Å². The van der Waals surface area contributed by atoms with Crippen molar-refractivity contribution in [2.45, 2.75) is 57.5 Å². The fourth-order valence-electron chi connectivity index (χ4n) is 3.72. The number of carbonyl (C=O) groups excluding carboxylic acids is 1. The van der Waals surface area contributed by atoms with E-state index in [0.717, 1.165) is 32.1 Å². The summed E-state index contributed by atoms with van der Waals surface area (Å²) in [4.78, 5) is 17.3. The third kappa shape index (κ3) is 5.26. The van der Waals surface area contributed by atoms with Gasteiger partial charge >= 0.3 is 0 Å². The maximum atomic E-state index is 12.7. The molecule has 130 valence electrons. The molecule has 1 N–H and O–H groups in total. The van der Waals surface area contributed by atoms with E-state index in [1.807, 2.05) is 0 Å². The van der Waals surface area contributed by atoms with E-state index in [4.69, 9.17) is 0 Å². The van der Waals surface area contributed by atoms with Crippen molar-refractivity contribution in [1.29, 1.82) is 0 Å². The van der Waals surface area contributed by atoms with Crippen LogP contribution in [0.15, 0.2) is 0 Å². The summed E-state index contributed by atoms with van der Waals surface area (Å²) in [5, 5.41) is 3.35. The molecule has 1 amide bonds. The van der Waals surface area contributed by atoms with E-state index in [2.05, 4.69) is 22.0 Å². The first kappa shape index (κ1) is 20.0. The van der Waals surface area contributed by atoms with Crippen LogP contribution in [0.1, 0.15) is 45.4 Å². The van der Waals surface area contributed by atoms with Crippen molar-refractivity contribution in [3.63, 3.8) is 0 Å². The third-order valence-corrected chi connectivity index (χ3v) is 5.18. The first-order valence-electron chi connectivity index (χ1n) is 8.48. The third-order valence-electron chi connectivity index (χ3n) is 5.18. The first-order valence-corrected chi connectivity index (χ1v) is 8.48. The summed E-state index contributed by atoms with van der Waals surface area (Å²) in [5.74, 6) is 1.25. The summed E-state index contributed by atoms with van der Waals surface area (Å²) >= 11 is 0. The van der Waals surface area contributed by atoms with Crippen LogP contribution >= 0.6 is 24.8 Å². The second kappa shape index (κ2) is 9.31. The van der Waals surface area contributed by atoms with Gasteiger partial charge in [0.2, 0.25) is 5.91 Å². The molecule has 6 heteroatoms. The zero-order chi connectivity index (χ0) is 13.9. The fourth-order valence-corrected chi connectivity index (χ4v) is 3.72. The molecule has 1 saturated heterocycles. The van der Waals surface area contributed by atoms with Crippen LogP contribution in [0, 0.1) is 5.92 Å². The van der Waals surface area contributed by atoms with Gasteiger partial charge in [-0.2, -0.15) is 0 Å². The average molecular weight is 352 g/mol. The molecule has 2 aliphatic carbocycles. The summed E-state index contributed by atoms with van der Waals surface area (Å²) in [6.45, 7) is 7.08. The second-order valence-corrected chi connectivity index (χ2v) is 6.97. The van der Waals surface area contributed by atoms with E-state index in [0.29, 0.717) is 24.5 Å². The maximum Gasteiger partial charge on any atom is 0.237 e. The summed E-state index contributed by atoms with van der Waals surface area (Å²) in [6.07, 6.45) is 7.53. The molecule has 0 aromatic carbocycles. The zero-order valence-electron chi connectivity index (χ0n) is 13.6. The minimum atomic E-state index is 0. The number of amides is 1. The Kier molecular flexibility index (Phi) is 8.47. The van der Waals surface area contributed by atoms with Gasteiger partial charge in [0.25, 0.3) is 0 Å². The molecular weight excluding hydrogens is 321 g/mol. The Morgan fingerprint density at radius 3 is 2.00 bits per heavy atom. The van der Waals surface area contributed by atoms with Crippen molar-refractivity contribution < 1.29 is 4.79 Å². The van der Waals surface area contributed by atoms with Crippen LogP contribution in [-0.2, 0) is 4.79 Å². The summed E-state index contributed by atoms with van der Waals surface area (Å²) in [5.41, 5.74) is 0. The van der Waals surface area contributed by atoms with Crippen molar-refractivity contribution in [1.82, 2.24) is 15.1 Å². The molecule has 0 unspecified atom stereocenters. The lowest BCUT2D eigenvalue weighted by Crippen LogP contribution is -2.51. The average Bonchev–Trinajstić information content (AvgIpc) is 3.27. The van der Waals surface area contributed by atoms with Crippen LogP contribution in [0.2, 0.25) is 0 Å². The van der Waals surface area contributed by atoms with E-state index in [1.54, 1.807) is 0 Å². The Labute approximate surface area is 147 Å². The van der Waals surface area contributed by atoms with Gasteiger partial charge in [-0.25, -0.2) is 0 Å². The molecule has 3 rings (SSSR count). The molecule has 22 heavy (non-hydrogen) atoms. The van der Waals surface area contributed by atoms with E-state index in [1.165, 1.54) is 38.5 Å². The lowest BCUT2D eigenvalue weighted by molar-refractivity contribution is -0.136. The molecule has 0 bridgehead atoms. The van der Waals surface area contributed by atoms with Crippen molar-refractivity contribution in [2.24, 2.45) is 5.92 Å². The van der Waals surface area contributed by atoms with Crippen LogP contribution in [-0.4, -0.2) is 60.5 Å². The molecular formula is C16H31Cl2N3O. The Morgan fingerprint density at radius 1 is 1.00 bits per heavy atom. The van der Waals surface area contributed by atoms with Gasteiger partial charge in [-0.15, -0.1) is 24.8 Å². The molecule has 0 spiro atoms. The maximum absolute atomic E-state index is 12.7. The van der Waals surface area contributed by atoms with E-state index in [-0.39, 0.29) is 24.8 Å². The quantitative estimate of drug-likeness (QED) is 0.843. The molecule has 0 aromatic rings. The Hall–Kier alpha value is -0.0300. The summed E-state index contributed by atoms with van der Waals surface area (Å²) in [6, 6.07) is 1.11. The molecule has 1 heterocycles. The minimum Gasteiger partial charge on any atom is -0.336 e. The van der Waals surface area contributed by atoms with Gasteiger partial charge in [0.05, 0.1) is 6.54 Å². The highest BCUT2D eigenvalue weighted by atomic mass is 35.5. The van der Waals surface area contributed by atoms with Crippen molar-refractivity contribution in [3.05, 3.63) is 0 Å². The first-order chi connectivity index (χ1) is 9.74. The van der Waals surface area contributed by atoms with Crippen LogP contribution in [0.5, 0.6) is 0 Å². The van der Waals surface area contributed by atoms with Crippen LogP contribution in [0.25, 0.3) is 0 Å². The van der Waals surface area contributed by atoms with E-state index >= 15 is 0 Å². The number of piperazine rings is 1. The smallest absolute Gasteiger partial charge is 0.237 e. The van der Waals surface area contributed by atoms with Gasteiger partial charge in [-0.05, 0) is 44.4 Å². The number of carbonyl (C=O) groups is 1. The number of nitrogens with one attached hydrogen (secondary N) is 1. The van der Waals surface area contributed by atoms with Crippen molar-refractivity contribution >= 4 is 30.7 Å². The van der Waals surface area contributed by atoms with Crippen LogP contribution < -0.4 is 5.32 Å². The monoisotopic (exact) mass is 351 g/mol. The number of halogens is 2. The minimum absolute atomic E-state index is 0. The molecule has 0 atom stereocenters. The SMILES string of the molecule is CC1CCC(N(C(=O)CN2CCNCC2)C2CC2)CC1.Cl.Cl. The molecule has 2 saturated carbocycles. The number of hydrogen-bond acceptors (Lipinski definition) is 3. The van der Waals surface area contributed by atoms with E-state index in [9.17, 15) is 4.79 Å². The highest BCUT2D eigenvalue weighted by Crippen LogP contribution is 2.35. The lowest BCUT2D eigenvalue weighted by Gasteiger charge is -2.38. The predicted molar refractivity (Wildman–Crippen MR) is 95.1 cm³/mol. The summed E-state index contributed by atoms with van der Waals surface area (Å²) < 4.78 is 0.